The first-order valence-electron chi connectivity index (χ1n) is 8.00. The largest absolute Gasteiger partial charge is 0.493 e. The van der Waals surface area contributed by atoms with E-state index in [-0.39, 0.29) is 12.5 Å². The predicted octanol–water partition coefficient (Wildman–Crippen LogP) is 2.58. The normalized spacial score (nSPS) is 10.0. The summed E-state index contributed by atoms with van der Waals surface area (Å²) >= 11 is 0. The number of para-hydroxylation sites is 2. The average Bonchev–Trinajstić information content (AvgIpc) is 2.58. The van der Waals surface area contributed by atoms with Gasteiger partial charge in [0.1, 0.15) is 0 Å². The molecule has 23 heavy (non-hydrogen) atoms. The van der Waals surface area contributed by atoms with Gasteiger partial charge >= 0.3 is 0 Å². The van der Waals surface area contributed by atoms with Gasteiger partial charge in [0, 0.05) is 6.42 Å². The third kappa shape index (κ3) is 8.09. The van der Waals surface area contributed by atoms with E-state index in [1.165, 1.54) is 20.0 Å². The van der Waals surface area contributed by atoms with Crippen molar-refractivity contribution >= 4 is 11.8 Å². The molecule has 6 nitrogen and oxygen atoms in total. The van der Waals surface area contributed by atoms with E-state index in [0.717, 1.165) is 19.3 Å². The second-order valence-electron chi connectivity index (χ2n) is 5.20. The molecule has 128 valence electrons. The van der Waals surface area contributed by atoms with Gasteiger partial charge in [-0.25, -0.2) is 0 Å². The quantitative estimate of drug-likeness (QED) is 0.513. The molecule has 0 aliphatic heterocycles. The maximum absolute atomic E-state index is 11.6. The molecule has 0 saturated heterocycles. The second-order valence-corrected chi connectivity index (χ2v) is 5.20. The highest BCUT2D eigenvalue weighted by Crippen LogP contribution is 2.25. The Morgan fingerprint density at radius 2 is 1.61 bits per heavy atom. The van der Waals surface area contributed by atoms with Crippen LogP contribution in [-0.2, 0) is 9.59 Å². The summed E-state index contributed by atoms with van der Waals surface area (Å²) in [7, 11) is 1.53. The van der Waals surface area contributed by atoms with Gasteiger partial charge in [0.05, 0.1) is 7.11 Å². The number of hydrogen-bond acceptors (Lipinski definition) is 4. The molecular weight excluding hydrogens is 296 g/mol. The van der Waals surface area contributed by atoms with Crippen LogP contribution in [0.4, 0.5) is 0 Å². The molecule has 0 heterocycles. The van der Waals surface area contributed by atoms with Crippen LogP contribution < -0.4 is 20.3 Å². The molecule has 1 aromatic carbocycles. The molecule has 0 spiro atoms. The molecule has 0 radical (unpaired) electrons. The van der Waals surface area contributed by atoms with E-state index in [4.69, 9.17) is 9.47 Å². The van der Waals surface area contributed by atoms with Crippen molar-refractivity contribution in [3.8, 4) is 11.5 Å². The predicted molar refractivity (Wildman–Crippen MR) is 88.2 cm³/mol. The summed E-state index contributed by atoms with van der Waals surface area (Å²) in [6, 6.07) is 7.05. The Morgan fingerprint density at radius 1 is 0.957 bits per heavy atom. The van der Waals surface area contributed by atoms with Crippen LogP contribution in [0.2, 0.25) is 0 Å². The summed E-state index contributed by atoms with van der Waals surface area (Å²) in [5, 5.41) is 0. The van der Waals surface area contributed by atoms with Crippen molar-refractivity contribution in [2.75, 3.05) is 13.7 Å². The third-order valence-corrected chi connectivity index (χ3v) is 3.28. The van der Waals surface area contributed by atoms with E-state index in [1.54, 1.807) is 18.2 Å². The molecule has 2 N–H and O–H groups in total. The number of ether oxygens (including phenoxy) is 2. The van der Waals surface area contributed by atoms with Crippen LogP contribution in [0, 0.1) is 0 Å². The van der Waals surface area contributed by atoms with Crippen molar-refractivity contribution in [2.24, 2.45) is 0 Å². The highest BCUT2D eigenvalue weighted by Gasteiger charge is 2.08. The maximum Gasteiger partial charge on any atom is 0.276 e. The van der Waals surface area contributed by atoms with Crippen LogP contribution in [0.25, 0.3) is 0 Å². The van der Waals surface area contributed by atoms with Gasteiger partial charge < -0.3 is 9.47 Å². The van der Waals surface area contributed by atoms with Crippen molar-refractivity contribution in [1.82, 2.24) is 10.9 Å². The molecule has 1 rings (SSSR count). The van der Waals surface area contributed by atoms with Gasteiger partial charge in [-0.05, 0) is 18.6 Å². The first kappa shape index (κ1) is 18.8. The molecule has 0 aliphatic carbocycles. The minimum Gasteiger partial charge on any atom is -0.493 e. The number of unbranched alkanes of at least 4 members (excludes halogenated alkanes) is 4. The number of hydrogen-bond donors (Lipinski definition) is 2. The second kappa shape index (κ2) is 11.3. The molecule has 0 atom stereocenters. The highest BCUT2D eigenvalue weighted by atomic mass is 16.5. The Morgan fingerprint density at radius 3 is 2.30 bits per heavy atom. The molecule has 0 unspecified atom stereocenters. The van der Waals surface area contributed by atoms with Crippen molar-refractivity contribution in [3.05, 3.63) is 24.3 Å². The van der Waals surface area contributed by atoms with Crippen LogP contribution >= 0.6 is 0 Å². The zero-order valence-corrected chi connectivity index (χ0v) is 13.9. The number of benzene rings is 1. The molecule has 1 aromatic rings. The molecular formula is C17H26N2O4. The fourth-order valence-corrected chi connectivity index (χ4v) is 2.01. The molecule has 0 aliphatic rings. The summed E-state index contributed by atoms with van der Waals surface area (Å²) in [5.41, 5.74) is 4.73. The van der Waals surface area contributed by atoms with Crippen LogP contribution in [0.5, 0.6) is 11.5 Å². The first-order chi connectivity index (χ1) is 11.2. The number of amides is 2. The van der Waals surface area contributed by atoms with E-state index < -0.39 is 5.91 Å². The number of carbonyl (C=O) groups excluding carboxylic acids is 2. The van der Waals surface area contributed by atoms with Crippen molar-refractivity contribution in [3.63, 3.8) is 0 Å². The van der Waals surface area contributed by atoms with E-state index in [0.29, 0.717) is 17.9 Å². The Kier molecular flexibility index (Phi) is 9.28. The zero-order chi connectivity index (χ0) is 16.9. The Hall–Kier alpha value is -2.24. The van der Waals surface area contributed by atoms with Gasteiger partial charge in [0.2, 0.25) is 5.91 Å². The standard InChI is InChI=1S/C17H26N2O4/c1-3-4-5-6-7-12-16(20)18-19-17(21)13-23-15-11-9-8-10-14(15)22-2/h8-11H,3-7,12-13H2,1-2H3,(H,18,20)(H,19,21). The molecule has 0 aromatic heterocycles. The lowest BCUT2D eigenvalue weighted by molar-refractivity contribution is -0.130. The Balaban J connectivity index is 2.17. The molecule has 6 heteroatoms. The summed E-state index contributed by atoms with van der Waals surface area (Å²) in [6.45, 7) is 1.95. The van der Waals surface area contributed by atoms with E-state index in [2.05, 4.69) is 17.8 Å². The lowest BCUT2D eigenvalue weighted by Crippen LogP contribution is -2.43. The van der Waals surface area contributed by atoms with Crippen LogP contribution in [0.3, 0.4) is 0 Å². The van der Waals surface area contributed by atoms with Gasteiger partial charge in [0.15, 0.2) is 18.1 Å². The van der Waals surface area contributed by atoms with Crippen molar-refractivity contribution in [2.45, 2.75) is 45.4 Å². The minimum absolute atomic E-state index is 0.188. The van der Waals surface area contributed by atoms with Gasteiger partial charge in [0.25, 0.3) is 5.91 Å². The lowest BCUT2D eigenvalue weighted by Gasteiger charge is -2.11. The SMILES string of the molecule is CCCCCCCC(=O)NNC(=O)COc1ccccc1OC. The molecule has 0 bridgehead atoms. The fraction of sp³-hybridized carbons (Fsp3) is 0.529. The van der Waals surface area contributed by atoms with Crippen LogP contribution in [0.15, 0.2) is 24.3 Å². The highest BCUT2D eigenvalue weighted by molar-refractivity contribution is 5.82. The average molecular weight is 322 g/mol. The van der Waals surface area contributed by atoms with E-state index in [9.17, 15) is 9.59 Å². The van der Waals surface area contributed by atoms with Crippen molar-refractivity contribution < 1.29 is 19.1 Å². The number of methoxy groups -OCH3 is 1. The number of hydrazine groups is 1. The van der Waals surface area contributed by atoms with Crippen LogP contribution in [0.1, 0.15) is 45.4 Å². The van der Waals surface area contributed by atoms with Gasteiger partial charge in [-0.2, -0.15) is 0 Å². The summed E-state index contributed by atoms with van der Waals surface area (Å²) < 4.78 is 10.5. The third-order valence-electron chi connectivity index (χ3n) is 3.28. The minimum atomic E-state index is -0.421. The number of rotatable bonds is 10. The monoisotopic (exact) mass is 322 g/mol. The summed E-state index contributed by atoms with van der Waals surface area (Å²) in [4.78, 5) is 23.2. The molecule has 2 amide bonds. The Labute approximate surface area is 137 Å². The van der Waals surface area contributed by atoms with Gasteiger partial charge in [-0.3, -0.25) is 20.4 Å². The van der Waals surface area contributed by atoms with Gasteiger partial charge in [-0.1, -0.05) is 44.7 Å². The molecule has 0 saturated carbocycles. The summed E-state index contributed by atoms with van der Waals surface area (Å²) in [5.74, 6) is 0.422. The summed E-state index contributed by atoms with van der Waals surface area (Å²) in [6.07, 6.45) is 5.79. The zero-order valence-electron chi connectivity index (χ0n) is 13.9. The van der Waals surface area contributed by atoms with E-state index >= 15 is 0 Å². The van der Waals surface area contributed by atoms with Gasteiger partial charge in [-0.15, -0.1) is 0 Å². The fourth-order valence-electron chi connectivity index (χ4n) is 2.01. The first-order valence-corrected chi connectivity index (χ1v) is 8.00. The lowest BCUT2D eigenvalue weighted by atomic mass is 10.1. The Bertz CT molecular complexity index is 491. The van der Waals surface area contributed by atoms with E-state index in [1.807, 2.05) is 6.07 Å². The number of carbonyl (C=O) groups is 2. The smallest absolute Gasteiger partial charge is 0.276 e. The number of nitrogens with one attached hydrogen (secondary N) is 2. The van der Waals surface area contributed by atoms with Crippen LogP contribution in [-0.4, -0.2) is 25.5 Å². The molecule has 0 fully saturated rings. The topological polar surface area (TPSA) is 76.7 Å². The van der Waals surface area contributed by atoms with Crippen molar-refractivity contribution in [1.29, 1.82) is 0 Å². The maximum atomic E-state index is 11.6.